The number of nitrogens with zero attached hydrogens (tertiary/aromatic N) is 2. The van der Waals surface area contributed by atoms with Crippen molar-refractivity contribution in [2.45, 2.75) is 0 Å². The first-order valence-corrected chi connectivity index (χ1v) is 6.55. The first kappa shape index (κ1) is 14.8. The summed E-state index contributed by atoms with van der Waals surface area (Å²) in [5.74, 6) is 0.320. The van der Waals surface area contributed by atoms with Crippen LogP contribution >= 0.6 is 12.2 Å². The number of aromatic amines is 1. The van der Waals surface area contributed by atoms with Crippen LogP contribution in [0.2, 0.25) is 0 Å². The molecule has 0 saturated carbocycles. The number of hydrogen-bond donors (Lipinski definition) is 3. The number of rotatable bonds is 3. The van der Waals surface area contributed by atoms with Crippen LogP contribution in [0.5, 0.6) is 0 Å². The molecule has 1 aromatic heterocycles. The summed E-state index contributed by atoms with van der Waals surface area (Å²) in [5, 5.41) is 4.78. The van der Waals surface area contributed by atoms with Gasteiger partial charge in [0.25, 0.3) is 5.56 Å². The van der Waals surface area contributed by atoms with E-state index in [9.17, 15) is 9.59 Å². The van der Waals surface area contributed by atoms with Gasteiger partial charge in [0.05, 0.1) is 0 Å². The van der Waals surface area contributed by atoms with Crippen LogP contribution in [0, 0.1) is 0 Å². The van der Waals surface area contributed by atoms with Gasteiger partial charge in [-0.1, -0.05) is 18.2 Å². The Morgan fingerprint density at radius 1 is 1.29 bits per heavy atom. The third kappa shape index (κ3) is 3.69. The van der Waals surface area contributed by atoms with E-state index < -0.39 is 11.2 Å². The molecule has 2 rings (SSSR count). The maximum Gasteiger partial charge on any atom is 0.329 e. The van der Waals surface area contributed by atoms with Gasteiger partial charge in [0.1, 0.15) is 5.82 Å². The van der Waals surface area contributed by atoms with Crippen molar-refractivity contribution in [3.05, 3.63) is 57.2 Å². The van der Waals surface area contributed by atoms with Crippen molar-refractivity contribution in [3.8, 4) is 0 Å². The summed E-state index contributed by atoms with van der Waals surface area (Å²) in [6, 6.07) is 10.7. The second-order valence-corrected chi connectivity index (χ2v) is 4.76. The van der Waals surface area contributed by atoms with Gasteiger partial charge in [-0.05, 0) is 24.4 Å². The second-order valence-electron chi connectivity index (χ2n) is 4.35. The maximum absolute atomic E-state index is 11.6. The minimum Gasteiger partial charge on any atom is -0.331 e. The van der Waals surface area contributed by atoms with Crippen LogP contribution in [0.1, 0.15) is 0 Å². The first-order valence-electron chi connectivity index (χ1n) is 6.14. The van der Waals surface area contributed by atoms with Gasteiger partial charge in [0.15, 0.2) is 5.11 Å². The molecule has 7 nitrogen and oxygen atoms in total. The first-order chi connectivity index (χ1) is 9.97. The van der Waals surface area contributed by atoms with Crippen molar-refractivity contribution < 1.29 is 0 Å². The zero-order valence-corrected chi connectivity index (χ0v) is 12.4. The van der Waals surface area contributed by atoms with Gasteiger partial charge in [-0.3, -0.25) is 24.8 Å². The molecule has 8 heteroatoms. The van der Waals surface area contributed by atoms with E-state index in [0.717, 1.165) is 10.3 Å². The number of hydrazine groups is 1. The molecule has 0 fully saturated rings. The number of H-pyrrole nitrogens is 1. The number of benzene rings is 1. The summed E-state index contributed by atoms with van der Waals surface area (Å²) in [7, 11) is 3.05. The molecule has 0 aliphatic heterocycles. The molecular formula is C13H15N5O2S. The summed E-state index contributed by atoms with van der Waals surface area (Å²) in [4.78, 5) is 25.7. The molecule has 1 aromatic carbocycles. The lowest BCUT2D eigenvalue weighted by Crippen LogP contribution is -2.44. The summed E-state index contributed by atoms with van der Waals surface area (Å²) in [6.45, 7) is 0. The molecule has 1 heterocycles. The second kappa shape index (κ2) is 6.23. The molecule has 0 amide bonds. The highest BCUT2D eigenvalue weighted by molar-refractivity contribution is 7.80. The Morgan fingerprint density at radius 3 is 2.57 bits per heavy atom. The van der Waals surface area contributed by atoms with Crippen LogP contribution in [0.4, 0.5) is 11.5 Å². The van der Waals surface area contributed by atoms with E-state index in [1.54, 1.807) is 7.05 Å². The van der Waals surface area contributed by atoms with Gasteiger partial charge >= 0.3 is 5.69 Å². The fourth-order valence-corrected chi connectivity index (χ4v) is 1.87. The predicted molar refractivity (Wildman–Crippen MR) is 86.5 cm³/mol. The van der Waals surface area contributed by atoms with Crippen LogP contribution in [-0.4, -0.2) is 21.7 Å². The Morgan fingerprint density at radius 2 is 1.95 bits per heavy atom. The van der Waals surface area contributed by atoms with Crippen LogP contribution in [0.15, 0.2) is 46.0 Å². The molecule has 0 saturated heterocycles. The lowest BCUT2D eigenvalue weighted by atomic mass is 10.3. The van der Waals surface area contributed by atoms with Crippen LogP contribution in [-0.2, 0) is 7.05 Å². The Bertz CT molecular complexity index is 722. The number of thiocarbonyl (C=S) groups is 1. The fourth-order valence-electron chi connectivity index (χ4n) is 1.62. The molecule has 110 valence electrons. The minimum absolute atomic E-state index is 0.320. The highest BCUT2D eigenvalue weighted by atomic mass is 32.1. The number of aromatic nitrogens is 2. The topological polar surface area (TPSA) is 82.2 Å². The van der Waals surface area contributed by atoms with E-state index in [1.807, 2.05) is 30.3 Å². The van der Waals surface area contributed by atoms with Crippen molar-refractivity contribution in [1.29, 1.82) is 0 Å². The van der Waals surface area contributed by atoms with E-state index in [1.165, 1.54) is 18.1 Å². The molecule has 0 aliphatic rings. The normalized spacial score (nSPS) is 10.0. The van der Waals surface area contributed by atoms with Crippen molar-refractivity contribution >= 4 is 28.8 Å². The SMILES string of the molecule is CN(NC(=S)Nc1ccccc1)c1cc(=O)n(C)c(=O)[nH]1. The Labute approximate surface area is 126 Å². The number of anilines is 2. The lowest BCUT2D eigenvalue weighted by molar-refractivity contribution is 0.754. The minimum atomic E-state index is -0.493. The molecule has 3 N–H and O–H groups in total. The number of para-hydroxylation sites is 1. The zero-order valence-electron chi connectivity index (χ0n) is 11.6. The largest absolute Gasteiger partial charge is 0.331 e. The van der Waals surface area contributed by atoms with E-state index in [4.69, 9.17) is 12.2 Å². The van der Waals surface area contributed by atoms with Crippen molar-refractivity contribution in [2.75, 3.05) is 17.4 Å². The molecular weight excluding hydrogens is 290 g/mol. The third-order valence-electron chi connectivity index (χ3n) is 2.79. The third-order valence-corrected chi connectivity index (χ3v) is 2.99. The quantitative estimate of drug-likeness (QED) is 0.563. The molecule has 0 aliphatic carbocycles. The Hall–Kier alpha value is -2.61. The fraction of sp³-hybridized carbons (Fsp3) is 0.154. The Kier molecular flexibility index (Phi) is 4.39. The van der Waals surface area contributed by atoms with Crippen LogP contribution in [0.3, 0.4) is 0 Å². The molecule has 0 radical (unpaired) electrons. The van der Waals surface area contributed by atoms with Crippen LogP contribution in [0.25, 0.3) is 0 Å². The van der Waals surface area contributed by atoms with Gasteiger partial charge in [-0.25, -0.2) is 4.79 Å². The summed E-state index contributed by atoms with van der Waals surface area (Å²) in [6.07, 6.45) is 0. The van der Waals surface area contributed by atoms with Crippen molar-refractivity contribution in [3.63, 3.8) is 0 Å². The van der Waals surface area contributed by atoms with Crippen molar-refractivity contribution in [1.82, 2.24) is 15.0 Å². The molecule has 0 bridgehead atoms. The molecule has 0 atom stereocenters. The van der Waals surface area contributed by atoms with E-state index in [0.29, 0.717) is 10.9 Å². The van der Waals surface area contributed by atoms with Gasteiger partial charge in [-0.15, -0.1) is 0 Å². The molecule has 21 heavy (non-hydrogen) atoms. The van der Waals surface area contributed by atoms with E-state index in [2.05, 4.69) is 15.7 Å². The van der Waals surface area contributed by atoms with Crippen LogP contribution < -0.4 is 27.0 Å². The van der Waals surface area contributed by atoms with Gasteiger partial charge < -0.3 is 5.32 Å². The molecule has 2 aromatic rings. The monoisotopic (exact) mass is 305 g/mol. The zero-order chi connectivity index (χ0) is 15.4. The van der Waals surface area contributed by atoms with Gasteiger partial charge in [-0.2, -0.15) is 0 Å². The number of hydrogen-bond acceptors (Lipinski definition) is 4. The summed E-state index contributed by atoms with van der Waals surface area (Å²) >= 11 is 5.16. The Balaban J connectivity index is 2.08. The van der Waals surface area contributed by atoms with E-state index in [-0.39, 0.29) is 0 Å². The average molecular weight is 305 g/mol. The molecule has 0 spiro atoms. The standard InChI is InChI=1S/C13H15N5O2S/c1-17-11(19)8-10(15-13(17)20)18(2)16-12(21)14-9-6-4-3-5-7-9/h3-8H,1-2H3,(H,15,20)(H2,14,16,21). The lowest BCUT2D eigenvalue weighted by Gasteiger charge is -2.21. The van der Waals surface area contributed by atoms with Crippen molar-refractivity contribution in [2.24, 2.45) is 7.05 Å². The predicted octanol–water partition coefficient (Wildman–Crippen LogP) is 0.411. The highest BCUT2D eigenvalue weighted by Crippen LogP contribution is 2.05. The van der Waals surface area contributed by atoms with Gasteiger partial charge in [0, 0.05) is 25.8 Å². The summed E-state index contributed by atoms with van der Waals surface area (Å²) in [5.41, 5.74) is 2.80. The molecule has 0 unspecified atom stereocenters. The average Bonchev–Trinajstić information content (AvgIpc) is 2.45. The summed E-state index contributed by atoms with van der Waals surface area (Å²) < 4.78 is 0.984. The van der Waals surface area contributed by atoms with Gasteiger partial charge in [0.2, 0.25) is 0 Å². The number of nitrogens with one attached hydrogen (secondary N) is 3. The highest BCUT2D eigenvalue weighted by Gasteiger charge is 2.07. The smallest absolute Gasteiger partial charge is 0.329 e. The van der Waals surface area contributed by atoms with E-state index >= 15 is 0 Å². The maximum atomic E-state index is 11.6.